The zero-order valence-corrected chi connectivity index (χ0v) is 9.83. The van der Waals surface area contributed by atoms with Gasteiger partial charge in [-0.3, -0.25) is 0 Å². The second-order valence-corrected chi connectivity index (χ2v) is 4.75. The molecular weight excluding hydrogens is 182 g/mol. The number of nitrogens with zero attached hydrogens (tertiary/aromatic N) is 1. The van der Waals surface area contributed by atoms with E-state index in [4.69, 9.17) is 0 Å². The van der Waals surface area contributed by atoms with Crippen molar-refractivity contribution < 1.29 is 0 Å². The van der Waals surface area contributed by atoms with Gasteiger partial charge in [0, 0.05) is 18.3 Å². The smallest absolute Gasteiger partial charge is 0.0480 e. The van der Waals surface area contributed by atoms with Crippen molar-refractivity contribution in [2.75, 3.05) is 0 Å². The zero-order valence-electron chi connectivity index (χ0n) is 9.83. The molecule has 0 saturated heterocycles. The van der Waals surface area contributed by atoms with Crippen LogP contribution in [0.3, 0.4) is 0 Å². The van der Waals surface area contributed by atoms with Gasteiger partial charge in [0.1, 0.15) is 0 Å². The van der Waals surface area contributed by atoms with E-state index in [9.17, 15) is 0 Å². The average Bonchev–Trinajstić information content (AvgIpc) is 2.57. The van der Waals surface area contributed by atoms with Crippen molar-refractivity contribution in [2.24, 2.45) is 5.92 Å². The van der Waals surface area contributed by atoms with Crippen LogP contribution in [-0.4, -0.2) is 4.57 Å². The highest BCUT2D eigenvalue weighted by Gasteiger charge is 2.01. The Bertz CT molecular complexity index is 451. The maximum atomic E-state index is 2.36. The van der Waals surface area contributed by atoms with Crippen LogP contribution in [-0.2, 0) is 6.54 Å². The average molecular weight is 201 g/mol. The van der Waals surface area contributed by atoms with Crippen LogP contribution in [0.4, 0.5) is 0 Å². The molecule has 0 bridgehead atoms. The van der Waals surface area contributed by atoms with Gasteiger partial charge in [0.25, 0.3) is 0 Å². The van der Waals surface area contributed by atoms with Crippen LogP contribution in [0.5, 0.6) is 0 Å². The molecular formula is C14H19N. The van der Waals surface area contributed by atoms with Gasteiger partial charge in [-0.05, 0) is 42.8 Å². The van der Waals surface area contributed by atoms with Crippen molar-refractivity contribution >= 4 is 10.9 Å². The summed E-state index contributed by atoms with van der Waals surface area (Å²) in [6.07, 6.45) is 3.45. The van der Waals surface area contributed by atoms with Gasteiger partial charge < -0.3 is 4.57 Å². The summed E-state index contributed by atoms with van der Waals surface area (Å²) in [5.74, 6) is 0.771. The molecule has 1 aromatic carbocycles. The minimum absolute atomic E-state index is 0.771. The SMILES string of the molecule is Cc1ccc2c(ccn2CCC(C)C)c1. The number of aryl methyl sites for hydroxylation is 2. The van der Waals surface area contributed by atoms with Crippen molar-refractivity contribution in [1.29, 1.82) is 0 Å². The molecule has 80 valence electrons. The molecule has 15 heavy (non-hydrogen) atoms. The molecule has 0 atom stereocenters. The first kappa shape index (κ1) is 10.3. The summed E-state index contributed by atoms with van der Waals surface area (Å²) < 4.78 is 2.36. The van der Waals surface area contributed by atoms with Gasteiger partial charge >= 0.3 is 0 Å². The van der Waals surface area contributed by atoms with Crippen LogP contribution >= 0.6 is 0 Å². The molecule has 1 aromatic heterocycles. The Kier molecular flexibility index (Phi) is 2.81. The van der Waals surface area contributed by atoms with Gasteiger partial charge in [-0.1, -0.05) is 25.5 Å². The topological polar surface area (TPSA) is 4.93 Å². The first-order valence-corrected chi connectivity index (χ1v) is 5.72. The minimum Gasteiger partial charge on any atom is -0.347 e. The molecule has 0 radical (unpaired) electrons. The van der Waals surface area contributed by atoms with Crippen molar-refractivity contribution in [1.82, 2.24) is 4.57 Å². The van der Waals surface area contributed by atoms with E-state index in [0.717, 1.165) is 12.5 Å². The molecule has 0 aliphatic carbocycles. The van der Waals surface area contributed by atoms with Gasteiger partial charge in [0.15, 0.2) is 0 Å². The van der Waals surface area contributed by atoms with E-state index in [2.05, 4.69) is 55.8 Å². The lowest BCUT2D eigenvalue weighted by atomic mass is 10.1. The summed E-state index contributed by atoms with van der Waals surface area (Å²) in [6, 6.07) is 8.88. The number of aromatic nitrogens is 1. The largest absolute Gasteiger partial charge is 0.347 e. The molecule has 0 unspecified atom stereocenters. The van der Waals surface area contributed by atoms with Crippen LogP contribution in [0.1, 0.15) is 25.8 Å². The normalized spacial score (nSPS) is 11.5. The Morgan fingerprint density at radius 2 is 2.00 bits per heavy atom. The number of hydrogen-bond acceptors (Lipinski definition) is 0. The summed E-state index contributed by atoms with van der Waals surface area (Å²) in [5, 5.41) is 1.36. The number of fused-ring (bicyclic) bond motifs is 1. The summed E-state index contributed by atoms with van der Waals surface area (Å²) in [5.41, 5.74) is 2.70. The third kappa shape index (κ3) is 2.23. The predicted molar refractivity (Wildman–Crippen MR) is 66.1 cm³/mol. The minimum atomic E-state index is 0.771. The lowest BCUT2D eigenvalue weighted by Crippen LogP contribution is -1.99. The van der Waals surface area contributed by atoms with Crippen LogP contribution in [0.2, 0.25) is 0 Å². The number of benzene rings is 1. The molecule has 0 saturated carbocycles. The number of rotatable bonds is 3. The zero-order chi connectivity index (χ0) is 10.8. The molecule has 0 N–H and O–H groups in total. The molecule has 0 spiro atoms. The third-order valence-electron chi connectivity index (χ3n) is 2.87. The number of hydrogen-bond donors (Lipinski definition) is 0. The molecule has 2 aromatic rings. The van der Waals surface area contributed by atoms with Crippen LogP contribution in [0.25, 0.3) is 10.9 Å². The highest BCUT2D eigenvalue weighted by molar-refractivity contribution is 5.80. The van der Waals surface area contributed by atoms with Crippen LogP contribution in [0.15, 0.2) is 30.5 Å². The summed E-state index contributed by atoms with van der Waals surface area (Å²) in [4.78, 5) is 0. The molecule has 1 nitrogen and oxygen atoms in total. The van der Waals surface area contributed by atoms with E-state index in [-0.39, 0.29) is 0 Å². The Morgan fingerprint density at radius 3 is 2.73 bits per heavy atom. The quantitative estimate of drug-likeness (QED) is 0.707. The highest BCUT2D eigenvalue weighted by Crippen LogP contribution is 2.18. The Labute approximate surface area is 91.7 Å². The molecule has 0 aliphatic rings. The maximum Gasteiger partial charge on any atom is 0.0480 e. The molecule has 1 heteroatoms. The van der Waals surface area contributed by atoms with Gasteiger partial charge in [0.05, 0.1) is 0 Å². The third-order valence-corrected chi connectivity index (χ3v) is 2.87. The summed E-state index contributed by atoms with van der Waals surface area (Å²) in [6.45, 7) is 7.82. The maximum absolute atomic E-state index is 2.36. The first-order chi connectivity index (χ1) is 7.16. The van der Waals surface area contributed by atoms with Crippen molar-refractivity contribution in [3.63, 3.8) is 0 Å². The van der Waals surface area contributed by atoms with Crippen molar-refractivity contribution in [3.8, 4) is 0 Å². The summed E-state index contributed by atoms with van der Waals surface area (Å²) in [7, 11) is 0. The van der Waals surface area contributed by atoms with Gasteiger partial charge in [-0.2, -0.15) is 0 Å². The van der Waals surface area contributed by atoms with Gasteiger partial charge in [-0.15, -0.1) is 0 Å². The van der Waals surface area contributed by atoms with Gasteiger partial charge in [-0.25, -0.2) is 0 Å². The highest BCUT2D eigenvalue weighted by atomic mass is 14.9. The van der Waals surface area contributed by atoms with Gasteiger partial charge in [0.2, 0.25) is 0 Å². The van der Waals surface area contributed by atoms with Crippen molar-refractivity contribution in [2.45, 2.75) is 33.7 Å². The molecule has 0 aliphatic heterocycles. The van der Waals surface area contributed by atoms with Crippen LogP contribution < -0.4 is 0 Å². The molecule has 1 heterocycles. The Hall–Kier alpha value is -1.24. The lowest BCUT2D eigenvalue weighted by molar-refractivity contribution is 0.524. The van der Waals surface area contributed by atoms with E-state index < -0.39 is 0 Å². The van der Waals surface area contributed by atoms with Crippen molar-refractivity contribution in [3.05, 3.63) is 36.0 Å². The fourth-order valence-corrected chi connectivity index (χ4v) is 1.91. The molecule has 2 rings (SSSR count). The Balaban J connectivity index is 2.29. The monoisotopic (exact) mass is 201 g/mol. The Morgan fingerprint density at radius 1 is 1.20 bits per heavy atom. The second kappa shape index (κ2) is 4.09. The molecule has 0 fully saturated rings. The molecule has 0 amide bonds. The van der Waals surface area contributed by atoms with E-state index in [1.165, 1.54) is 22.9 Å². The standard InChI is InChI=1S/C14H19N/c1-11(2)6-8-15-9-7-13-10-12(3)4-5-14(13)15/h4-5,7,9-11H,6,8H2,1-3H3. The predicted octanol–water partition coefficient (Wildman–Crippen LogP) is 4.00. The fraction of sp³-hybridized carbons (Fsp3) is 0.429. The van der Waals surface area contributed by atoms with E-state index in [0.29, 0.717) is 0 Å². The summed E-state index contributed by atoms with van der Waals surface area (Å²) >= 11 is 0. The van der Waals surface area contributed by atoms with E-state index >= 15 is 0 Å². The second-order valence-electron chi connectivity index (χ2n) is 4.75. The first-order valence-electron chi connectivity index (χ1n) is 5.72. The van der Waals surface area contributed by atoms with E-state index in [1.54, 1.807) is 0 Å². The van der Waals surface area contributed by atoms with E-state index in [1.807, 2.05) is 0 Å². The fourth-order valence-electron chi connectivity index (χ4n) is 1.91. The lowest BCUT2D eigenvalue weighted by Gasteiger charge is -2.07. The van der Waals surface area contributed by atoms with Crippen LogP contribution in [0, 0.1) is 12.8 Å².